The number of carboxylic acid groups (broad SMARTS) is 1. The van der Waals surface area contributed by atoms with E-state index < -0.39 is 5.97 Å². The molecular weight excluding hydrogens is 278 g/mol. The molecule has 1 unspecified atom stereocenters. The van der Waals surface area contributed by atoms with Gasteiger partial charge in [-0.2, -0.15) is 0 Å². The van der Waals surface area contributed by atoms with E-state index in [9.17, 15) is 9.90 Å². The van der Waals surface area contributed by atoms with Crippen molar-refractivity contribution >= 4 is 5.97 Å². The standard InChI is InChI=1S/C8H16O2.Sm/c1-3-5-6-7(4-2)8(9)10;/h7H,3-6H2,1-2H3,(H,9,10);/q;+3/p-1. The Balaban J connectivity index is 0. The molecule has 3 heteroatoms. The van der Waals surface area contributed by atoms with Crippen LogP contribution in [-0.2, 0) is 4.79 Å². The first kappa shape index (κ1) is 14.3. The topological polar surface area (TPSA) is 40.1 Å². The van der Waals surface area contributed by atoms with E-state index in [0.717, 1.165) is 19.3 Å². The summed E-state index contributed by atoms with van der Waals surface area (Å²) < 4.78 is 0. The number of carbonyl (C=O) groups is 1. The van der Waals surface area contributed by atoms with Gasteiger partial charge in [0.1, 0.15) is 0 Å². The van der Waals surface area contributed by atoms with Crippen LogP contribution >= 0.6 is 0 Å². The van der Waals surface area contributed by atoms with E-state index in [-0.39, 0.29) is 46.3 Å². The molecular formula is C8H15O2Sm+2. The van der Waals surface area contributed by atoms with Gasteiger partial charge in [0.05, 0.1) is 0 Å². The normalized spacial score (nSPS) is 11.8. The van der Waals surface area contributed by atoms with Gasteiger partial charge in [-0.05, 0) is 18.8 Å². The second-order valence-corrected chi connectivity index (χ2v) is 2.57. The van der Waals surface area contributed by atoms with Gasteiger partial charge in [-0.1, -0.05) is 26.7 Å². The average molecular weight is 294 g/mol. The van der Waals surface area contributed by atoms with Gasteiger partial charge in [0.2, 0.25) is 0 Å². The molecule has 0 saturated carbocycles. The van der Waals surface area contributed by atoms with Gasteiger partial charge in [-0.25, -0.2) is 0 Å². The minimum absolute atomic E-state index is 0. The molecule has 0 aromatic carbocycles. The van der Waals surface area contributed by atoms with Crippen LogP contribution in [0.1, 0.15) is 39.5 Å². The summed E-state index contributed by atoms with van der Waals surface area (Å²) in [4.78, 5) is 10.3. The summed E-state index contributed by atoms with van der Waals surface area (Å²) in [5.74, 6) is -1.11. The van der Waals surface area contributed by atoms with Crippen molar-refractivity contribution in [2.24, 2.45) is 5.92 Å². The van der Waals surface area contributed by atoms with Gasteiger partial charge in [-0.15, -0.1) is 0 Å². The van der Waals surface area contributed by atoms with Crippen LogP contribution < -0.4 is 5.11 Å². The summed E-state index contributed by atoms with van der Waals surface area (Å²) in [7, 11) is 0. The molecule has 0 N–H and O–H groups in total. The average Bonchev–Trinajstić information content (AvgIpc) is 1.89. The summed E-state index contributed by atoms with van der Waals surface area (Å²) in [5.41, 5.74) is 0. The second-order valence-electron chi connectivity index (χ2n) is 2.57. The van der Waals surface area contributed by atoms with Crippen LogP contribution in [0.5, 0.6) is 0 Å². The van der Waals surface area contributed by atoms with Crippen LogP contribution in [0.4, 0.5) is 0 Å². The van der Waals surface area contributed by atoms with Crippen molar-refractivity contribution in [3.63, 3.8) is 0 Å². The Labute approximate surface area is 101 Å². The van der Waals surface area contributed by atoms with Crippen LogP contribution in [0, 0.1) is 46.3 Å². The molecule has 0 amide bonds. The summed E-state index contributed by atoms with van der Waals surface area (Å²) >= 11 is 0. The molecule has 0 aromatic heterocycles. The van der Waals surface area contributed by atoms with Gasteiger partial charge >= 0.3 is 40.4 Å². The number of aliphatic carboxylic acids is 1. The molecule has 0 heterocycles. The van der Waals surface area contributed by atoms with Crippen molar-refractivity contribution in [2.45, 2.75) is 39.5 Å². The van der Waals surface area contributed by atoms with Crippen LogP contribution in [0.15, 0.2) is 0 Å². The first-order valence-electron chi connectivity index (χ1n) is 3.93. The van der Waals surface area contributed by atoms with Gasteiger partial charge in [0, 0.05) is 5.97 Å². The Morgan fingerprint density at radius 3 is 2.27 bits per heavy atom. The van der Waals surface area contributed by atoms with Crippen molar-refractivity contribution < 1.29 is 50.3 Å². The van der Waals surface area contributed by atoms with Gasteiger partial charge in [-0.3, -0.25) is 0 Å². The fourth-order valence-corrected chi connectivity index (χ4v) is 0.939. The second kappa shape index (κ2) is 8.90. The third-order valence-electron chi connectivity index (χ3n) is 1.73. The number of carboxylic acids is 1. The Morgan fingerprint density at radius 2 is 2.00 bits per heavy atom. The smallest absolute Gasteiger partial charge is 0.550 e. The van der Waals surface area contributed by atoms with Crippen molar-refractivity contribution in [1.29, 1.82) is 0 Å². The molecule has 0 bridgehead atoms. The van der Waals surface area contributed by atoms with Crippen LogP contribution in [0.25, 0.3) is 0 Å². The number of carbonyl (C=O) groups excluding carboxylic acids is 1. The minimum atomic E-state index is -0.893. The number of hydrogen-bond donors (Lipinski definition) is 0. The molecule has 1 atom stereocenters. The summed E-state index contributed by atoms with van der Waals surface area (Å²) in [5, 5.41) is 10.3. The number of unbranched alkanes of at least 4 members (excludes halogenated alkanes) is 1. The number of rotatable bonds is 5. The maximum Gasteiger partial charge on any atom is 3.00 e. The van der Waals surface area contributed by atoms with Crippen LogP contribution in [-0.4, -0.2) is 5.97 Å². The zero-order valence-electron chi connectivity index (χ0n) is 7.13. The van der Waals surface area contributed by atoms with Crippen molar-refractivity contribution in [1.82, 2.24) is 0 Å². The summed E-state index contributed by atoms with van der Waals surface area (Å²) in [6, 6.07) is 0. The molecule has 11 heavy (non-hydrogen) atoms. The van der Waals surface area contributed by atoms with Crippen LogP contribution in [0.3, 0.4) is 0 Å². The van der Waals surface area contributed by atoms with Crippen molar-refractivity contribution in [3.8, 4) is 0 Å². The van der Waals surface area contributed by atoms with Crippen LogP contribution in [0.2, 0.25) is 0 Å². The fourth-order valence-electron chi connectivity index (χ4n) is 0.939. The maximum atomic E-state index is 10.3. The van der Waals surface area contributed by atoms with Crippen molar-refractivity contribution in [2.75, 3.05) is 0 Å². The fraction of sp³-hybridized carbons (Fsp3) is 0.875. The van der Waals surface area contributed by atoms with E-state index in [2.05, 4.69) is 6.92 Å². The van der Waals surface area contributed by atoms with E-state index in [0.29, 0.717) is 6.42 Å². The molecule has 0 aliphatic rings. The largest absolute Gasteiger partial charge is 3.00 e. The Hall–Kier alpha value is 0.808. The van der Waals surface area contributed by atoms with E-state index >= 15 is 0 Å². The molecule has 0 aromatic rings. The Morgan fingerprint density at radius 1 is 1.45 bits per heavy atom. The van der Waals surface area contributed by atoms with Gasteiger partial charge < -0.3 is 9.90 Å². The quantitative estimate of drug-likeness (QED) is 0.757. The first-order chi connectivity index (χ1) is 4.72. The maximum absolute atomic E-state index is 10.3. The molecule has 0 rings (SSSR count). The Bertz CT molecular complexity index is 104. The molecule has 0 aliphatic heterocycles. The zero-order valence-corrected chi connectivity index (χ0v) is 9.75. The predicted molar refractivity (Wildman–Crippen MR) is 38.3 cm³/mol. The minimum Gasteiger partial charge on any atom is -0.550 e. The summed E-state index contributed by atoms with van der Waals surface area (Å²) in [6.45, 7) is 3.94. The Kier molecular flexibility index (Phi) is 11.6. The first-order valence-corrected chi connectivity index (χ1v) is 3.93. The third kappa shape index (κ3) is 7.18. The number of hydrogen-bond acceptors (Lipinski definition) is 2. The third-order valence-corrected chi connectivity index (χ3v) is 1.73. The van der Waals surface area contributed by atoms with E-state index in [1.165, 1.54) is 0 Å². The molecule has 2 nitrogen and oxygen atoms in total. The van der Waals surface area contributed by atoms with Crippen molar-refractivity contribution in [3.05, 3.63) is 0 Å². The van der Waals surface area contributed by atoms with E-state index in [1.807, 2.05) is 6.92 Å². The molecule has 1 radical (unpaired) electrons. The molecule has 0 aliphatic carbocycles. The predicted octanol–water partition coefficient (Wildman–Crippen LogP) is 0.953. The van der Waals surface area contributed by atoms with Gasteiger partial charge in [0.15, 0.2) is 0 Å². The zero-order chi connectivity index (χ0) is 7.98. The summed E-state index contributed by atoms with van der Waals surface area (Å²) in [6.07, 6.45) is 3.52. The molecule has 0 fully saturated rings. The molecule has 63 valence electrons. The SMILES string of the molecule is CCCCC(CC)C(=O)[O-].[Sm+3]. The van der Waals surface area contributed by atoms with E-state index in [1.54, 1.807) is 0 Å². The van der Waals surface area contributed by atoms with Gasteiger partial charge in [0.25, 0.3) is 0 Å². The molecule has 0 saturated heterocycles. The molecule has 0 spiro atoms. The monoisotopic (exact) mass is 295 g/mol. The van der Waals surface area contributed by atoms with E-state index in [4.69, 9.17) is 0 Å².